The van der Waals surface area contributed by atoms with E-state index >= 15 is 0 Å². The quantitative estimate of drug-likeness (QED) is 0.404. The van der Waals surface area contributed by atoms with Gasteiger partial charge < -0.3 is 9.30 Å². The van der Waals surface area contributed by atoms with E-state index in [2.05, 4.69) is 21.7 Å². The lowest BCUT2D eigenvalue weighted by molar-refractivity contribution is 0.112. The van der Waals surface area contributed by atoms with E-state index in [-0.39, 0.29) is 0 Å². The molecule has 0 fully saturated rings. The van der Waals surface area contributed by atoms with Gasteiger partial charge in [0.1, 0.15) is 17.9 Å². The average molecular weight is 319 g/mol. The molecule has 0 unspecified atom stereocenters. The Kier molecular flexibility index (Phi) is 6.45. The van der Waals surface area contributed by atoms with Gasteiger partial charge in [-0.15, -0.1) is 10.2 Å². The van der Waals surface area contributed by atoms with Gasteiger partial charge in [0, 0.05) is 24.8 Å². The number of hydrogen-bond acceptors (Lipinski definition) is 5. The number of aryl methyl sites for hydroxylation is 1. The van der Waals surface area contributed by atoms with Crippen LogP contribution in [0.5, 0.6) is 5.75 Å². The minimum atomic E-state index is 0.586. The average Bonchev–Trinajstić information content (AvgIpc) is 2.90. The minimum Gasteiger partial charge on any atom is -0.493 e. The van der Waals surface area contributed by atoms with Crippen LogP contribution in [-0.2, 0) is 13.5 Å². The Bertz CT molecular complexity index is 596. The van der Waals surface area contributed by atoms with Gasteiger partial charge in [0.05, 0.1) is 6.61 Å². The van der Waals surface area contributed by atoms with Crippen molar-refractivity contribution >= 4 is 18.0 Å². The molecule has 0 saturated heterocycles. The summed E-state index contributed by atoms with van der Waals surface area (Å²) >= 11 is 1.64. The Morgan fingerprint density at radius 3 is 2.73 bits per heavy atom. The number of aldehydes is 1. The smallest absolute Gasteiger partial charge is 0.191 e. The van der Waals surface area contributed by atoms with Gasteiger partial charge in [-0.25, -0.2) is 0 Å². The van der Waals surface area contributed by atoms with Gasteiger partial charge in [-0.2, -0.15) is 0 Å². The third-order valence-electron chi connectivity index (χ3n) is 3.28. The molecule has 5 nitrogen and oxygen atoms in total. The molecule has 0 saturated carbocycles. The highest BCUT2D eigenvalue weighted by Gasteiger charge is 2.08. The minimum absolute atomic E-state index is 0.586. The highest BCUT2D eigenvalue weighted by Crippen LogP contribution is 2.17. The van der Waals surface area contributed by atoms with Crippen molar-refractivity contribution in [1.29, 1.82) is 0 Å². The van der Waals surface area contributed by atoms with Crippen molar-refractivity contribution in [2.24, 2.45) is 7.05 Å². The summed E-state index contributed by atoms with van der Waals surface area (Å²) in [7, 11) is 2.01. The number of carbonyl (C=O) groups excluding carboxylic acids is 1. The second-order valence-corrected chi connectivity index (χ2v) is 6.01. The third-order valence-corrected chi connectivity index (χ3v) is 4.26. The Morgan fingerprint density at radius 1 is 1.27 bits per heavy atom. The molecule has 0 atom stereocenters. The van der Waals surface area contributed by atoms with E-state index in [9.17, 15) is 4.79 Å². The van der Waals surface area contributed by atoms with Crippen molar-refractivity contribution in [3.05, 3.63) is 35.7 Å². The lowest BCUT2D eigenvalue weighted by Gasteiger charge is -2.06. The van der Waals surface area contributed by atoms with Gasteiger partial charge >= 0.3 is 0 Å². The van der Waals surface area contributed by atoms with Crippen molar-refractivity contribution in [3.63, 3.8) is 0 Å². The largest absolute Gasteiger partial charge is 0.493 e. The Balaban J connectivity index is 1.76. The van der Waals surface area contributed by atoms with E-state index < -0.39 is 0 Å². The lowest BCUT2D eigenvalue weighted by Crippen LogP contribution is -2.03. The lowest BCUT2D eigenvalue weighted by atomic mass is 10.2. The molecule has 1 heterocycles. The molecule has 22 heavy (non-hydrogen) atoms. The van der Waals surface area contributed by atoms with Crippen LogP contribution in [0.25, 0.3) is 0 Å². The van der Waals surface area contributed by atoms with Crippen molar-refractivity contribution in [3.8, 4) is 5.75 Å². The first-order valence-corrected chi connectivity index (χ1v) is 8.42. The number of carbonyl (C=O) groups is 1. The first kappa shape index (κ1) is 16.5. The zero-order chi connectivity index (χ0) is 15.8. The topological polar surface area (TPSA) is 57.0 Å². The van der Waals surface area contributed by atoms with Gasteiger partial charge in [0.25, 0.3) is 0 Å². The van der Waals surface area contributed by atoms with Crippen LogP contribution in [0.4, 0.5) is 0 Å². The highest BCUT2D eigenvalue weighted by molar-refractivity contribution is 7.99. The Morgan fingerprint density at radius 2 is 2.05 bits per heavy atom. The van der Waals surface area contributed by atoms with Gasteiger partial charge in [0.15, 0.2) is 5.16 Å². The van der Waals surface area contributed by atoms with Crippen molar-refractivity contribution < 1.29 is 9.53 Å². The second kappa shape index (κ2) is 8.58. The van der Waals surface area contributed by atoms with Crippen LogP contribution < -0.4 is 4.74 Å². The van der Waals surface area contributed by atoms with Gasteiger partial charge in [-0.3, -0.25) is 4.79 Å². The van der Waals surface area contributed by atoms with Crippen molar-refractivity contribution in [2.45, 2.75) is 31.3 Å². The molecule has 0 radical (unpaired) electrons. The van der Waals surface area contributed by atoms with Gasteiger partial charge in [-0.05, 0) is 30.7 Å². The van der Waals surface area contributed by atoms with Crippen LogP contribution in [-0.4, -0.2) is 33.4 Å². The van der Waals surface area contributed by atoms with Crippen LogP contribution in [0, 0.1) is 0 Å². The summed E-state index contributed by atoms with van der Waals surface area (Å²) in [6.07, 6.45) is 4.09. The fourth-order valence-corrected chi connectivity index (χ4v) is 2.71. The predicted octanol–water partition coefficient (Wildman–Crippen LogP) is 3.14. The fourth-order valence-electron chi connectivity index (χ4n) is 1.96. The van der Waals surface area contributed by atoms with E-state index in [4.69, 9.17) is 4.74 Å². The summed E-state index contributed by atoms with van der Waals surface area (Å²) in [5, 5.41) is 9.37. The van der Waals surface area contributed by atoms with E-state index in [1.54, 1.807) is 36.0 Å². The summed E-state index contributed by atoms with van der Waals surface area (Å²) in [5.74, 6) is 2.61. The van der Waals surface area contributed by atoms with Crippen molar-refractivity contribution in [2.75, 3.05) is 12.4 Å². The number of aromatic nitrogens is 3. The molecule has 0 aliphatic carbocycles. The van der Waals surface area contributed by atoms with E-state index in [0.717, 1.165) is 48.0 Å². The zero-order valence-corrected chi connectivity index (χ0v) is 13.8. The van der Waals surface area contributed by atoms with Crippen molar-refractivity contribution in [1.82, 2.24) is 14.8 Å². The van der Waals surface area contributed by atoms with E-state index in [0.29, 0.717) is 12.2 Å². The summed E-state index contributed by atoms with van der Waals surface area (Å²) < 4.78 is 7.70. The van der Waals surface area contributed by atoms with Crippen LogP contribution >= 0.6 is 11.8 Å². The van der Waals surface area contributed by atoms with Crippen LogP contribution in [0.15, 0.2) is 29.4 Å². The number of unbranched alkanes of at least 4 members (excludes halogenated alkanes) is 1. The standard InChI is InChI=1S/C16H21N3O2S/c1-3-4-5-15-17-18-16(19(15)2)22-11-10-21-14-8-6-13(12-20)7-9-14/h6-9,12H,3-5,10-11H2,1-2H3. The van der Waals surface area contributed by atoms with Gasteiger partial charge in [-0.1, -0.05) is 25.1 Å². The fraction of sp³-hybridized carbons (Fsp3) is 0.438. The number of hydrogen-bond donors (Lipinski definition) is 0. The van der Waals surface area contributed by atoms with E-state index in [1.807, 2.05) is 7.05 Å². The molecule has 6 heteroatoms. The first-order valence-electron chi connectivity index (χ1n) is 7.43. The molecule has 2 rings (SSSR count). The molecule has 0 aliphatic rings. The molecular weight excluding hydrogens is 298 g/mol. The number of benzene rings is 1. The Hall–Kier alpha value is -1.82. The normalized spacial score (nSPS) is 10.6. The summed E-state index contributed by atoms with van der Waals surface area (Å²) in [5.41, 5.74) is 0.653. The SMILES string of the molecule is CCCCc1nnc(SCCOc2ccc(C=O)cc2)n1C. The monoisotopic (exact) mass is 319 g/mol. The Labute approximate surface area is 135 Å². The maximum absolute atomic E-state index is 10.6. The molecule has 118 valence electrons. The highest BCUT2D eigenvalue weighted by atomic mass is 32.2. The van der Waals surface area contributed by atoms with Crippen LogP contribution in [0.1, 0.15) is 35.9 Å². The molecule has 0 aliphatic heterocycles. The number of rotatable bonds is 9. The predicted molar refractivity (Wildman–Crippen MR) is 87.7 cm³/mol. The third kappa shape index (κ3) is 4.59. The first-order chi connectivity index (χ1) is 10.7. The molecule has 0 amide bonds. The molecule has 1 aromatic carbocycles. The molecule has 0 spiro atoms. The van der Waals surface area contributed by atoms with Gasteiger partial charge in [0.2, 0.25) is 0 Å². The maximum Gasteiger partial charge on any atom is 0.191 e. The summed E-state index contributed by atoms with van der Waals surface area (Å²) in [4.78, 5) is 10.6. The number of nitrogens with zero attached hydrogens (tertiary/aromatic N) is 3. The van der Waals surface area contributed by atoms with Crippen LogP contribution in [0.3, 0.4) is 0 Å². The summed E-state index contributed by atoms with van der Waals surface area (Å²) in [6.45, 7) is 2.76. The van der Waals surface area contributed by atoms with Crippen LogP contribution in [0.2, 0.25) is 0 Å². The second-order valence-electron chi connectivity index (χ2n) is 4.95. The number of ether oxygens (including phenoxy) is 1. The molecular formula is C16H21N3O2S. The van der Waals surface area contributed by atoms with E-state index in [1.165, 1.54) is 0 Å². The summed E-state index contributed by atoms with van der Waals surface area (Å²) in [6, 6.07) is 7.11. The molecule has 1 aromatic heterocycles. The molecule has 2 aromatic rings. The number of thioether (sulfide) groups is 1. The molecule has 0 N–H and O–H groups in total. The molecule has 0 bridgehead atoms. The zero-order valence-electron chi connectivity index (χ0n) is 13.0. The maximum atomic E-state index is 10.6.